The van der Waals surface area contributed by atoms with Crippen molar-refractivity contribution in [2.75, 3.05) is 19.0 Å². The topological polar surface area (TPSA) is 81.9 Å². The number of ether oxygens (including phenoxy) is 1. The van der Waals surface area contributed by atoms with Crippen LogP contribution in [0.2, 0.25) is 0 Å². The molecule has 1 unspecified atom stereocenters. The maximum absolute atomic E-state index is 12.7. The summed E-state index contributed by atoms with van der Waals surface area (Å²) in [5.41, 5.74) is 0.332. The summed E-state index contributed by atoms with van der Waals surface area (Å²) in [6.45, 7) is 2.60. The van der Waals surface area contributed by atoms with E-state index in [9.17, 15) is 18.0 Å². The van der Waals surface area contributed by atoms with Crippen LogP contribution in [-0.4, -0.2) is 44.6 Å². The van der Waals surface area contributed by atoms with Gasteiger partial charge in [0.1, 0.15) is 0 Å². The van der Waals surface area contributed by atoms with Crippen LogP contribution >= 0.6 is 11.8 Å². The van der Waals surface area contributed by atoms with Crippen LogP contribution in [0.4, 0.5) is 18.9 Å². The molecule has 7 nitrogen and oxygen atoms in total. The number of amides is 1. The van der Waals surface area contributed by atoms with Gasteiger partial charge in [0, 0.05) is 30.8 Å². The summed E-state index contributed by atoms with van der Waals surface area (Å²) in [5.74, 6) is 0.258. The fourth-order valence-electron chi connectivity index (χ4n) is 2.67. The molecule has 1 N–H and O–H groups in total. The summed E-state index contributed by atoms with van der Waals surface area (Å²) < 4.78 is 45.1. The van der Waals surface area contributed by atoms with Gasteiger partial charge in [-0.25, -0.2) is 0 Å². The molecule has 3 aromatic rings. The van der Waals surface area contributed by atoms with Gasteiger partial charge < -0.3 is 10.1 Å². The van der Waals surface area contributed by atoms with Gasteiger partial charge in [-0.3, -0.25) is 14.3 Å². The second kappa shape index (κ2) is 9.92. The third-order valence-electron chi connectivity index (χ3n) is 4.31. The number of pyridine rings is 1. The Balaban J connectivity index is 1.72. The van der Waals surface area contributed by atoms with E-state index in [2.05, 4.69) is 20.5 Å². The first-order chi connectivity index (χ1) is 14.8. The third-order valence-corrected chi connectivity index (χ3v) is 5.39. The van der Waals surface area contributed by atoms with Crippen LogP contribution < -0.4 is 5.32 Å². The fraction of sp³-hybridized carbons (Fsp3) is 0.300. The summed E-state index contributed by atoms with van der Waals surface area (Å²) in [4.78, 5) is 16.6. The molecule has 0 aliphatic heterocycles. The standard InChI is InChI=1S/C20H20F3N5O2S/c1-13(18(29)25-16-5-3-15(4-6-16)20(21,22)23)31-19-27-26-17(28(19)11-12-30-2)14-7-9-24-10-8-14/h3-10,13H,11-12H2,1-2H3,(H,25,29). The molecule has 0 aliphatic rings. The van der Waals surface area contributed by atoms with Gasteiger partial charge in [-0.2, -0.15) is 13.2 Å². The van der Waals surface area contributed by atoms with E-state index in [-0.39, 0.29) is 11.6 Å². The number of benzene rings is 1. The molecule has 3 rings (SSSR count). The van der Waals surface area contributed by atoms with E-state index in [4.69, 9.17) is 4.74 Å². The zero-order valence-corrected chi connectivity index (χ0v) is 17.6. The summed E-state index contributed by atoms with van der Waals surface area (Å²) >= 11 is 1.20. The highest BCUT2D eigenvalue weighted by atomic mass is 32.2. The van der Waals surface area contributed by atoms with Crippen LogP contribution in [0.25, 0.3) is 11.4 Å². The van der Waals surface area contributed by atoms with Gasteiger partial charge in [0.05, 0.1) is 24.0 Å². The number of thioether (sulfide) groups is 1. The first-order valence-electron chi connectivity index (χ1n) is 9.27. The Kier molecular flexibility index (Phi) is 7.29. The molecule has 1 aromatic carbocycles. The lowest BCUT2D eigenvalue weighted by molar-refractivity contribution is -0.137. The summed E-state index contributed by atoms with van der Waals surface area (Å²) in [5, 5.41) is 11.0. The van der Waals surface area contributed by atoms with Gasteiger partial charge in [0.15, 0.2) is 11.0 Å². The number of methoxy groups -OCH3 is 1. The minimum Gasteiger partial charge on any atom is -0.383 e. The Morgan fingerprint density at radius 2 is 1.84 bits per heavy atom. The summed E-state index contributed by atoms with van der Waals surface area (Å²) in [6, 6.07) is 7.91. The van der Waals surface area contributed by atoms with Crippen molar-refractivity contribution in [3.05, 3.63) is 54.4 Å². The number of hydrogen-bond donors (Lipinski definition) is 1. The van der Waals surface area contributed by atoms with Crippen molar-refractivity contribution in [2.45, 2.75) is 30.1 Å². The fourth-order valence-corrected chi connectivity index (χ4v) is 3.55. The van der Waals surface area contributed by atoms with Crippen LogP contribution in [0.1, 0.15) is 12.5 Å². The Morgan fingerprint density at radius 1 is 1.16 bits per heavy atom. The van der Waals surface area contributed by atoms with Gasteiger partial charge in [0.25, 0.3) is 0 Å². The van der Waals surface area contributed by atoms with Crippen LogP contribution in [0.15, 0.2) is 53.9 Å². The van der Waals surface area contributed by atoms with Crippen molar-refractivity contribution >= 4 is 23.4 Å². The largest absolute Gasteiger partial charge is 0.416 e. The monoisotopic (exact) mass is 451 g/mol. The maximum atomic E-state index is 12.7. The number of nitrogens with one attached hydrogen (secondary N) is 1. The average molecular weight is 451 g/mol. The van der Waals surface area contributed by atoms with Crippen molar-refractivity contribution in [2.24, 2.45) is 0 Å². The molecule has 2 aromatic heterocycles. The van der Waals surface area contributed by atoms with Crippen molar-refractivity contribution in [1.29, 1.82) is 0 Å². The number of hydrogen-bond acceptors (Lipinski definition) is 6. The smallest absolute Gasteiger partial charge is 0.383 e. The molecule has 0 aliphatic carbocycles. The van der Waals surface area contributed by atoms with Crippen molar-refractivity contribution in [3.63, 3.8) is 0 Å². The summed E-state index contributed by atoms with van der Waals surface area (Å²) in [7, 11) is 1.59. The lowest BCUT2D eigenvalue weighted by Crippen LogP contribution is -2.23. The number of alkyl halides is 3. The lowest BCUT2D eigenvalue weighted by Gasteiger charge is -2.14. The van der Waals surface area contributed by atoms with Crippen LogP contribution in [0.5, 0.6) is 0 Å². The first kappa shape index (κ1) is 22.8. The van der Waals surface area contributed by atoms with Gasteiger partial charge >= 0.3 is 6.18 Å². The number of rotatable bonds is 8. The average Bonchev–Trinajstić information content (AvgIpc) is 3.14. The van der Waals surface area contributed by atoms with E-state index >= 15 is 0 Å². The predicted octanol–water partition coefficient (Wildman–Crippen LogP) is 4.12. The van der Waals surface area contributed by atoms with E-state index in [1.807, 2.05) is 16.7 Å². The molecule has 0 saturated heterocycles. The predicted molar refractivity (Wildman–Crippen MR) is 111 cm³/mol. The van der Waals surface area contributed by atoms with Crippen LogP contribution in [0.3, 0.4) is 0 Å². The molecule has 2 heterocycles. The molecular weight excluding hydrogens is 431 g/mol. The number of halogens is 3. The highest BCUT2D eigenvalue weighted by Crippen LogP contribution is 2.30. The minimum atomic E-state index is -4.43. The quantitative estimate of drug-likeness (QED) is 0.519. The summed E-state index contributed by atoms with van der Waals surface area (Å²) in [6.07, 6.45) is -1.13. The van der Waals surface area contributed by atoms with Gasteiger partial charge in [-0.1, -0.05) is 11.8 Å². The molecule has 0 spiro atoms. The van der Waals surface area contributed by atoms with Gasteiger partial charge in [-0.15, -0.1) is 10.2 Å². The maximum Gasteiger partial charge on any atom is 0.416 e. The lowest BCUT2D eigenvalue weighted by atomic mass is 10.2. The molecule has 31 heavy (non-hydrogen) atoms. The number of carbonyl (C=O) groups is 1. The Bertz CT molecular complexity index is 1010. The van der Waals surface area contributed by atoms with Gasteiger partial charge in [0.2, 0.25) is 5.91 Å². The number of anilines is 1. The molecule has 11 heteroatoms. The first-order valence-corrected chi connectivity index (χ1v) is 10.1. The molecular formula is C20H20F3N5O2S. The van der Waals surface area contributed by atoms with Crippen molar-refractivity contribution in [3.8, 4) is 11.4 Å². The SMILES string of the molecule is COCCn1c(SC(C)C(=O)Nc2ccc(C(F)(F)F)cc2)nnc1-c1ccncc1. The molecule has 0 bridgehead atoms. The Labute approximate surface area is 181 Å². The third kappa shape index (κ3) is 5.82. The minimum absolute atomic E-state index is 0.281. The normalized spacial score (nSPS) is 12.5. The van der Waals surface area contributed by atoms with E-state index in [0.717, 1.165) is 17.7 Å². The zero-order valence-electron chi connectivity index (χ0n) is 16.8. The van der Waals surface area contributed by atoms with E-state index in [1.165, 1.54) is 23.9 Å². The van der Waals surface area contributed by atoms with E-state index < -0.39 is 17.0 Å². The Hall–Kier alpha value is -2.92. The highest BCUT2D eigenvalue weighted by molar-refractivity contribution is 8.00. The second-order valence-electron chi connectivity index (χ2n) is 6.51. The van der Waals surface area contributed by atoms with Crippen molar-refractivity contribution < 1.29 is 22.7 Å². The van der Waals surface area contributed by atoms with Crippen LogP contribution in [0, 0.1) is 0 Å². The molecule has 1 amide bonds. The van der Waals surface area contributed by atoms with Crippen LogP contribution in [-0.2, 0) is 22.3 Å². The van der Waals surface area contributed by atoms with Gasteiger partial charge in [-0.05, 0) is 43.3 Å². The molecule has 0 saturated carbocycles. The molecule has 0 fully saturated rings. The molecule has 164 valence electrons. The Morgan fingerprint density at radius 3 is 2.45 bits per heavy atom. The zero-order chi connectivity index (χ0) is 22.4. The second-order valence-corrected chi connectivity index (χ2v) is 7.82. The van der Waals surface area contributed by atoms with E-state index in [1.54, 1.807) is 26.4 Å². The number of aromatic nitrogens is 4. The number of nitrogens with zero attached hydrogens (tertiary/aromatic N) is 4. The number of carbonyl (C=O) groups excluding carboxylic acids is 1. The van der Waals surface area contributed by atoms with E-state index in [0.29, 0.717) is 24.1 Å². The molecule has 1 atom stereocenters. The highest BCUT2D eigenvalue weighted by Gasteiger charge is 2.30. The molecule has 0 radical (unpaired) electrons. The van der Waals surface area contributed by atoms with Crippen molar-refractivity contribution in [1.82, 2.24) is 19.7 Å².